The Morgan fingerprint density at radius 3 is 2.78 bits per heavy atom. The molecule has 5 nitrogen and oxygen atoms in total. The molecule has 0 spiro atoms. The first-order chi connectivity index (χ1) is 11.0. The van der Waals surface area contributed by atoms with Crippen LogP contribution in [0, 0.1) is 25.6 Å². The lowest BCUT2D eigenvalue weighted by Crippen LogP contribution is -2.50. The molecule has 6 heteroatoms. The highest BCUT2D eigenvalue weighted by molar-refractivity contribution is 6.04. The van der Waals surface area contributed by atoms with Gasteiger partial charge in [-0.15, -0.1) is 0 Å². The van der Waals surface area contributed by atoms with E-state index in [9.17, 15) is 9.18 Å². The van der Waals surface area contributed by atoms with Gasteiger partial charge in [0.05, 0.1) is 22.5 Å². The van der Waals surface area contributed by atoms with Crippen molar-refractivity contribution < 1.29 is 9.18 Å². The highest BCUT2D eigenvalue weighted by Gasteiger charge is 2.24. The van der Waals surface area contributed by atoms with Gasteiger partial charge in [-0.2, -0.15) is 0 Å². The third-order valence-corrected chi connectivity index (χ3v) is 4.53. The van der Waals surface area contributed by atoms with Crippen LogP contribution in [0.15, 0.2) is 12.1 Å². The van der Waals surface area contributed by atoms with Crippen molar-refractivity contribution in [3.63, 3.8) is 0 Å². The number of nitrogens with one attached hydrogen (secondary N) is 2. The Hall–Kier alpha value is -2.08. The van der Waals surface area contributed by atoms with Gasteiger partial charge in [0.15, 0.2) is 0 Å². The van der Waals surface area contributed by atoms with E-state index in [4.69, 9.17) is 0 Å². The molecule has 0 aliphatic carbocycles. The summed E-state index contributed by atoms with van der Waals surface area (Å²) in [5.74, 6) is -0.391. The van der Waals surface area contributed by atoms with Crippen LogP contribution in [0.2, 0.25) is 0 Å². The van der Waals surface area contributed by atoms with Crippen molar-refractivity contribution in [1.82, 2.24) is 20.6 Å². The van der Waals surface area contributed by atoms with Crippen LogP contribution in [0.25, 0.3) is 11.0 Å². The number of hydrogen-bond donors (Lipinski definition) is 2. The van der Waals surface area contributed by atoms with Gasteiger partial charge in [-0.3, -0.25) is 4.79 Å². The molecule has 1 amide bonds. The number of rotatable bonds is 2. The fraction of sp³-hybridized carbons (Fsp3) is 0.471. The van der Waals surface area contributed by atoms with Gasteiger partial charge in [-0.05, 0) is 38.8 Å². The normalized spacial score (nSPS) is 21.4. The van der Waals surface area contributed by atoms with Gasteiger partial charge in [0.1, 0.15) is 11.3 Å². The molecule has 2 aromatic rings. The minimum absolute atomic E-state index is 0.0362. The number of amides is 1. The van der Waals surface area contributed by atoms with Gasteiger partial charge in [-0.1, -0.05) is 6.92 Å². The fourth-order valence-corrected chi connectivity index (χ4v) is 2.90. The Labute approximate surface area is 134 Å². The predicted molar refractivity (Wildman–Crippen MR) is 86.9 cm³/mol. The monoisotopic (exact) mass is 316 g/mol. The van der Waals surface area contributed by atoms with Gasteiger partial charge in [0.25, 0.3) is 5.91 Å². The Bertz CT molecular complexity index is 762. The number of fused-ring (bicyclic) bond motifs is 1. The van der Waals surface area contributed by atoms with Crippen LogP contribution in [-0.4, -0.2) is 35.0 Å². The molecule has 2 atom stereocenters. The highest BCUT2D eigenvalue weighted by atomic mass is 19.1. The predicted octanol–water partition coefficient (Wildman–Crippen LogP) is 2.11. The molecule has 1 fully saturated rings. The number of nitrogens with zero attached hydrogens (tertiary/aromatic N) is 2. The lowest BCUT2D eigenvalue weighted by molar-refractivity contribution is 0.0916. The zero-order chi connectivity index (χ0) is 16.6. The van der Waals surface area contributed by atoms with Crippen molar-refractivity contribution in [1.29, 1.82) is 0 Å². The maximum atomic E-state index is 13.9. The summed E-state index contributed by atoms with van der Waals surface area (Å²) in [6.45, 7) is 7.45. The number of carbonyl (C=O) groups excluding carboxylic acids is 1. The topological polar surface area (TPSA) is 66.9 Å². The van der Waals surface area contributed by atoms with Crippen molar-refractivity contribution >= 4 is 16.9 Å². The first-order valence-corrected chi connectivity index (χ1v) is 7.92. The van der Waals surface area contributed by atoms with Crippen LogP contribution in [0.5, 0.6) is 0 Å². The highest BCUT2D eigenvalue weighted by Crippen LogP contribution is 2.20. The molecule has 1 aromatic carbocycles. The maximum Gasteiger partial charge on any atom is 0.253 e. The summed E-state index contributed by atoms with van der Waals surface area (Å²) in [6.07, 6.45) is 1.01. The quantitative estimate of drug-likeness (QED) is 0.890. The summed E-state index contributed by atoms with van der Waals surface area (Å²) in [7, 11) is 0. The summed E-state index contributed by atoms with van der Waals surface area (Å²) in [6, 6.07) is 2.59. The first-order valence-electron chi connectivity index (χ1n) is 7.92. The number of aryl methyl sites for hydroxylation is 2. The number of hydrogen-bond acceptors (Lipinski definition) is 4. The van der Waals surface area contributed by atoms with Gasteiger partial charge in [0.2, 0.25) is 0 Å². The summed E-state index contributed by atoms with van der Waals surface area (Å²) < 4.78 is 13.9. The van der Waals surface area contributed by atoms with E-state index < -0.39 is 5.82 Å². The number of aromatic nitrogens is 2. The van der Waals surface area contributed by atoms with Crippen molar-refractivity contribution in [3.8, 4) is 0 Å². The van der Waals surface area contributed by atoms with Crippen LogP contribution >= 0.6 is 0 Å². The molecule has 3 rings (SSSR count). The Balaban J connectivity index is 1.97. The minimum Gasteiger partial charge on any atom is -0.348 e. The van der Waals surface area contributed by atoms with Crippen molar-refractivity contribution in [2.45, 2.75) is 33.2 Å². The summed E-state index contributed by atoms with van der Waals surface area (Å²) in [4.78, 5) is 21.4. The van der Waals surface area contributed by atoms with Crippen LogP contribution < -0.4 is 10.6 Å². The molecule has 1 aromatic heterocycles. The van der Waals surface area contributed by atoms with Crippen LogP contribution in [0.1, 0.15) is 35.1 Å². The van der Waals surface area contributed by atoms with Crippen LogP contribution in [0.4, 0.5) is 4.39 Å². The lowest BCUT2D eigenvalue weighted by Gasteiger charge is -2.30. The Morgan fingerprint density at radius 2 is 2.04 bits per heavy atom. The van der Waals surface area contributed by atoms with Gasteiger partial charge in [0, 0.05) is 18.7 Å². The Morgan fingerprint density at radius 1 is 1.30 bits per heavy atom. The van der Waals surface area contributed by atoms with E-state index in [0.29, 0.717) is 17.0 Å². The third-order valence-electron chi connectivity index (χ3n) is 4.53. The Kier molecular flexibility index (Phi) is 4.26. The first kappa shape index (κ1) is 15.8. The van der Waals surface area contributed by atoms with Crippen molar-refractivity contribution in [2.75, 3.05) is 13.1 Å². The smallest absolute Gasteiger partial charge is 0.253 e. The maximum absolute atomic E-state index is 13.9. The van der Waals surface area contributed by atoms with Gasteiger partial charge >= 0.3 is 0 Å². The van der Waals surface area contributed by atoms with E-state index in [0.717, 1.165) is 30.9 Å². The summed E-state index contributed by atoms with van der Waals surface area (Å²) in [5.41, 5.74) is 2.58. The average molecular weight is 316 g/mol. The lowest BCUT2D eigenvalue weighted by atomic mass is 9.94. The van der Waals surface area contributed by atoms with E-state index in [-0.39, 0.29) is 17.5 Å². The molecular formula is C17H21FN4O. The minimum atomic E-state index is -0.477. The van der Waals surface area contributed by atoms with E-state index in [1.165, 1.54) is 12.1 Å². The number of piperidine rings is 1. The molecule has 23 heavy (non-hydrogen) atoms. The molecule has 0 bridgehead atoms. The fourth-order valence-electron chi connectivity index (χ4n) is 2.90. The molecular weight excluding hydrogens is 295 g/mol. The molecule has 0 radical (unpaired) electrons. The SMILES string of the molecule is Cc1nc2cc(F)cc(C(=O)NC3CNCCC3C)c2nc1C. The zero-order valence-electron chi connectivity index (χ0n) is 13.6. The van der Waals surface area contributed by atoms with Crippen molar-refractivity contribution in [3.05, 3.63) is 34.9 Å². The van der Waals surface area contributed by atoms with Crippen LogP contribution in [-0.2, 0) is 0 Å². The van der Waals surface area contributed by atoms with E-state index >= 15 is 0 Å². The van der Waals surface area contributed by atoms with E-state index in [2.05, 4.69) is 27.5 Å². The molecule has 1 saturated heterocycles. The molecule has 2 N–H and O–H groups in total. The molecule has 2 heterocycles. The van der Waals surface area contributed by atoms with Crippen LogP contribution in [0.3, 0.4) is 0 Å². The zero-order valence-corrected chi connectivity index (χ0v) is 13.6. The number of carbonyl (C=O) groups is 1. The second kappa shape index (κ2) is 6.20. The number of halogens is 1. The summed E-state index contributed by atoms with van der Waals surface area (Å²) >= 11 is 0. The number of benzene rings is 1. The van der Waals surface area contributed by atoms with Crippen molar-refractivity contribution in [2.24, 2.45) is 5.92 Å². The van der Waals surface area contributed by atoms with E-state index in [1.54, 1.807) is 0 Å². The summed E-state index contributed by atoms with van der Waals surface area (Å²) in [5, 5.41) is 6.27. The second-order valence-electron chi connectivity index (χ2n) is 6.27. The van der Waals surface area contributed by atoms with E-state index in [1.807, 2.05) is 13.8 Å². The largest absolute Gasteiger partial charge is 0.348 e. The standard InChI is InChI=1S/C17H21FN4O/c1-9-4-5-19-8-15(9)22-17(23)13-6-12(18)7-14-16(13)21-11(3)10(2)20-14/h6-7,9,15,19H,4-5,8H2,1-3H3,(H,22,23). The molecule has 2 unspecified atom stereocenters. The van der Waals surface area contributed by atoms with Gasteiger partial charge < -0.3 is 10.6 Å². The third kappa shape index (κ3) is 3.17. The van der Waals surface area contributed by atoms with Gasteiger partial charge in [-0.25, -0.2) is 14.4 Å². The molecule has 1 aliphatic rings. The molecule has 122 valence electrons. The molecule has 1 aliphatic heterocycles. The molecule has 0 saturated carbocycles. The second-order valence-corrected chi connectivity index (χ2v) is 6.27. The average Bonchev–Trinajstić information content (AvgIpc) is 2.50.